The van der Waals surface area contributed by atoms with Gasteiger partial charge in [0.2, 0.25) is 0 Å². The summed E-state index contributed by atoms with van der Waals surface area (Å²) in [7, 11) is 4.65. The predicted molar refractivity (Wildman–Crippen MR) is 130 cm³/mol. The molecule has 4 rings (SSSR count). The largest absolute Gasteiger partial charge is 0.496 e. The molecule has 2 aliphatic rings. The standard InChI is InChI=1S/C26H29NO6S/c1-6-33-26(29)23-14(2)27-17-10-15(22-8-7-9-34-22)11-18(28)25(17)24(23)16-12-20(31-4)21(32-5)13-19(16)30-3/h7-9,12-13,15,24,27H,6,10-11H2,1-5H3/t15-,24-/m0/s1. The molecule has 2 heterocycles. The van der Waals surface area contributed by atoms with Gasteiger partial charge in [0.15, 0.2) is 17.3 Å². The van der Waals surface area contributed by atoms with Gasteiger partial charge in [-0.05, 0) is 37.8 Å². The third-order valence-corrected chi connectivity index (χ3v) is 7.35. The SMILES string of the molecule is CCOC(=O)C1=C(C)NC2=C(C(=O)C[C@@H](c3cccs3)C2)[C@H]1c1cc(OC)c(OC)cc1OC. The first kappa shape index (κ1) is 23.9. The van der Waals surface area contributed by atoms with Gasteiger partial charge in [-0.25, -0.2) is 4.79 Å². The molecule has 0 saturated heterocycles. The van der Waals surface area contributed by atoms with Crippen LogP contribution in [0.2, 0.25) is 0 Å². The first-order chi connectivity index (χ1) is 16.4. The zero-order valence-electron chi connectivity index (χ0n) is 20.0. The zero-order chi connectivity index (χ0) is 24.4. The maximum Gasteiger partial charge on any atom is 0.336 e. The molecule has 0 unspecified atom stereocenters. The number of rotatable bonds is 7. The van der Waals surface area contributed by atoms with E-state index in [0.717, 1.165) is 5.70 Å². The predicted octanol–water partition coefficient (Wildman–Crippen LogP) is 4.70. The molecule has 1 aromatic heterocycles. The monoisotopic (exact) mass is 483 g/mol. The summed E-state index contributed by atoms with van der Waals surface area (Å²) in [6.45, 7) is 3.83. The van der Waals surface area contributed by atoms with Crippen LogP contribution in [0.1, 0.15) is 49.0 Å². The van der Waals surface area contributed by atoms with Crippen molar-refractivity contribution in [3.63, 3.8) is 0 Å². The van der Waals surface area contributed by atoms with E-state index in [1.807, 2.05) is 18.4 Å². The lowest BCUT2D eigenvalue weighted by Crippen LogP contribution is -2.36. The fraction of sp³-hybridized carbons (Fsp3) is 0.385. The second-order valence-corrected chi connectivity index (χ2v) is 9.18. The topological polar surface area (TPSA) is 83.1 Å². The van der Waals surface area contributed by atoms with Gasteiger partial charge in [-0.3, -0.25) is 4.79 Å². The number of methoxy groups -OCH3 is 3. The summed E-state index contributed by atoms with van der Waals surface area (Å²) < 4.78 is 22.1. The number of hydrogen-bond donors (Lipinski definition) is 1. The van der Waals surface area contributed by atoms with Crippen molar-refractivity contribution < 1.29 is 28.5 Å². The van der Waals surface area contributed by atoms with Crippen LogP contribution in [0, 0.1) is 0 Å². The Hall–Kier alpha value is -3.26. The van der Waals surface area contributed by atoms with Crippen molar-refractivity contribution in [3.8, 4) is 17.2 Å². The van der Waals surface area contributed by atoms with Crippen molar-refractivity contribution in [2.45, 2.75) is 38.5 Å². The molecule has 0 spiro atoms. The Morgan fingerprint density at radius 2 is 1.79 bits per heavy atom. The lowest BCUT2D eigenvalue weighted by atomic mass is 9.72. The summed E-state index contributed by atoms with van der Waals surface area (Å²) in [4.78, 5) is 28.0. The van der Waals surface area contributed by atoms with Crippen molar-refractivity contribution in [1.82, 2.24) is 5.32 Å². The second-order valence-electron chi connectivity index (χ2n) is 8.20. The fourth-order valence-corrected chi connectivity index (χ4v) is 5.66. The molecule has 2 aromatic rings. The number of benzene rings is 1. The lowest BCUT2D eigenvalue weighted by Gasteiger charge is -2.37. The molecule has 0 saturated carbocycles. The van der Waals surface area contributed by atoms with Crippen molar-refractivity contribution in [1.29, 1.82) is 0 Å². The molecule has 0 radical (unpaired) electrons. The van der Waals surface area contributed by atoms with E-state index in [1.54, 1.807) is 51.7 Å². The molecule has 180 valence electrons. The van der Waals surface area contributed by atoms with Crippen LogP contribution >= 0.6 is 11.3 Å². The number of dihydropyridines is 1. The number of esters is 1. The van der Waals surface area contributed by atoms with E-state index in [-0.39, 0.29) is 18.3 Å². The van der Waals surface area contributed by atoms with Crippen molar-refractivity contribution in [2.75, 3.05) is 27.9 Å². The molecule has 1 aromatic carbocycles. The Kier molecular flexibility index (Phi) is 6.97. The van der Waals surface area contributed by atoms with Crippen LogP contribution in [0.15, 0.2) is 52.2 Å². The van der Waals surface area contributed by atoms with E-state index < -0.39 is 11.9 Å². The maximum atomic E-state index is 13.7. The molecular weight excluding hydrogens is 454 g/mol. The highest BCUT2D eigenvalue weighted by Crippen LogP contribution is 2.50. The Labute approximate surface area is 203 Å². The van der Waals surface area contributed by atoms with Crippen LogP contribution in [-0.4, -0.2) is 39.7 Å². The van der Waals surface area contributed by atoms with Crippen LogP contribution in [0.4, 0.5) is 0 Å². The minimum atomic E-state index is -0.651. The minimum absolute atomic E-state index is 0.00304. The van der Waals surface area contributed by atoms with E-state index in [4.69, 9.17) is 18.9 Å². The third-order valence-electron chi connectivity index (χ3n) is 6.32. The highest BCUT2D eigenvalue weighted by Gasteiger charge is 2.43. The fourth-order valence-electron chi connectivity index (χ4n) is 4.83. The van der Waals surface area contributed by atoms with E-state index in [0.29, 0.717) is 52.5 Å². The number of carbonyl (C=O) groups is 2. The Morgan fingerprint density at radius 1 is 1.09 bits per heavy atom. The average molecular weight is 484 g/mol. The lowest BCUT2D eigenvalue weighted by molar-refractivity contribution is -0.138. The molecule has 34 heavy (non-hydrogen) atoms. The van der Waals surface area contributed by atoms with Crippen molar-refractivity contribution >= 4 is 23.1 Å². The average Bonchev–Trinajstić information content (AvgIpc) is 3.37. The second kappa shape index (κ2) is 9.93. The maximum absolute atomic E-state index is 13.7. The summed E-state index contributed by atoms with van der Waals surface area (Å²) >= 11 is 1.66. The molecule has 1 aliphatic heterocycles. The van der Waals surface area contributed by atoms with E-state index in [9.17, 15) is 9.59 Å². The van der Waals surface area contributed by atoms with Gasteiger partial charge in [0.1, 0.15) is 5.75 Å². The summed E-state index contributed by atoms with van der Waals surface area (Å²) in [6.07, 6.45) is 1.06. The number of thiophene rings is 1. The van der Waals surface area contributed by atoms with E-state index >= 15 is 0 Å². The summed E-state index contributed by atoms with van der Waals surface area (Å²) in [5.74, 6) is 0.471. The number of ketones is 1. The first-order valence-electron chi connectivity index (χ1n) is 11.2. The molecule has 0 fully saturated rings. The van der Waals surface area contributed by atoms with Crippen LogP contribution < -0.4 is 19.5 Å². The van der Waals surface area contributed by atoms with Crippen LogP contribution in [0.5, 0.6) is 17.2 Å². The van der Waals surface area contributed by atoms with Gasteiger partial charge in [0.25, 0.3) is 0 Å². The summed E-state index contributed by atoms with van der Waals surface area (Å²) in [5, 5.41) is 5.39. The van der Waals surface area contributed by atoms with Gasteiger partial charge in [0.05, 0.1) is 39.4 Å². The smallest absolute Gasteiger partial charge is 0.336 e. The molecule has 0 bridgehead atoms. The van der Waals surface area contributed by atoms with Gasteiger partial charge in [-0.2, -0.15) is 0 Å². The van der Waals surface area contributed by atoms with Crippen molar-refractivity contribution in [3.05, 3.63) is 62.6 Å². The number of nitrogens with one attached hydrogen (secondary N) is 1. The number of ether oxygens (including phenoxy) is 4. The molecule has 0 amide bonds. The normalized spacial score (nSPS) is 20.0. The molecular formula is C26H29NO6S. The molecule has 1 aliphatic carbocycles. The van der Waals surface area contributed by atoms with Gasteiger partial charge >= 0.3 is 5.97 Å². The summed E-state index contributed by atoms with van der Waals surface area (Å²) in [5.41, 5.74) is 3.13. The highest BCUT2D eigenvalue weighted by molar-refractivity contribution is 7.10. The van der Waals surface area contributed by atoms with Crippen LogP contribution in [-0.2, 0) is 14.3 Å². The van der Waals surface area contributed by atoms with Crippen molar-refractivity contribution in [2.24, 2.45) is 0 Å². The quantitative estimate of drug-likeness (QED) is 0.572. The Balaban J connectivity index is 1.91. The Morgan fingerprint density at radius 3 is 2.41 bits per heavy atom. The van der Waals surface area contributed by atoms with Gasteiger partial charge in [-0.15, -0.1) is 11.3 Å². The van der Waals surface area contributed by atoms with Gasteiger partial charge in [0, 0.05) is 45.8 Å². The Bertz CT molecular complexity index is 1160. The minimum Gasteiger partial charge on any atom is -0.496 e. The number of hydrogen-bond acceptors (Lipinski definition) is 8. The number of allylic oxidation sites excluding steroid dienone is 3. The molecule has 7 nitrogen and oxygen atoms in total. The van der Waals surface area contributed by atoms with Crippen LogP contribution in [0.25, 0.3) is 0 Å². The number of carbonyl (C=O) groups excluding carboxylic acids is 2. The van der Waals surface area contributed by atoms with Gasteiger partial charge < -0.3 is 24.3 Å². The van der Waals surface area contributed by atoms with Gasteiger partial charge in [-0.1, -0.05) is 6.07 Å². The molecule has 2 atom stereocenters. The molecule has 8 heteroatoms. The first-order valence-corrected chi connectivity index (χ1v) is 12.1. The molecule has 1 N–H and O–H groups in total. The third kappa shape index (κ3) is 4.18. The number of Topliss-reactive ketones (excluding diaryl/α,β-unsaturated/α-hetero) is 1. The zero-order valence-corrected chi connectivity index (χ0v) is 20.8. The highest BCUT2D eigenvalue weighted by atomic mass is 32.1. The summed E-state index contributed by atoms with van der Waals surface area (Å²) in [6, 6.07) is 7.57. The van der Waals surface area contributed by atoms with E-state index in [2.05, 4.69) is 11.4 Å². The van der Waals surface area contributed by atoms with Crippen LogP contribution in [0.3, 0.4) is 0 Å². The van der Waals surface area contributed by atoms with E-state index in [1.165, 1.54) is 4.88 Å².